The van der Waals surface area contributed by atoms with Crippen LogP contribution in [0.1, 0.15) is 66.5 Å². The molecule has 0 saturated carbocycles. The normalized spacial score (nSPS) is 19.5. The number of benzene rings is 5. The standard InChI is InChI=1S/C40H40N4O2/c1-37(2)39(5,6)43(45)35(41-37)27-17-13-15-25(23-27)33-29-19-9-11-21-31(29)34(32-22-12-10-20-30(32)33)26-16-14-18-28(24-26)36-42-38(3,4)40(7,8)44(36)46/h9-24H,1-8H3. The lowest BCUT2D eigenvalue weighted by Crippen LogP contribution is -2.50. The van der Waals surface area contributed by atoms with E-state index in [1.807, 2.05) is 79.7 Å². The summed E-state index contributed by atoms with van der Waals surface area (Å²) in [6, 6.07) is 33.4. The van der Waals surface area contributed by atoms with Crippen molar-refractivity contribution >= 4 is 33.2 Å². The van der Waals surface area contributed by atoms with E-state index in [9.17, 15) is 10.1 Å². The average Bonchev–Trinajstić information content (AvgIpc) is 3.31. The Morgan fingerprint density at radius 3 is 1.41 bits per heavy atom. The summed E-state index contributed by atoms with van der Waals surface area (Å²) in [4.78, 5) is 23.3. The van der Waals surface area contributed by atoms with Crippen molar-refractivity contribution in [2.75, 3.05) is 0 Å². The van der Waals surface area contributed by atoms with E-state index < -0.39 is 22.2 Å². The minimum absolute atomic E-state index is 0.465. The number of nitrogens with zero attached hydrogens (tertiary/aromatic N) is 4. The molecule has 5 aromatic rings. The van der Waals surface area contributed by atoms with Crippen molar-refractivity contribution in [1.82, 2.24) is 5.06 Å². The summed E-state index contributed by atoms with van der Waals surface area (Å²) in [5.41, 5.74) is 3.52. The summed E-state index contributed by atoms with van der Waals surface area (Å²) in [5, 5.41) is 19.0. The van der Waals surface area contributed by atoms with Gasteiger partial charge in [0.05, 0.1) is 11.1 Å². The zero-order valence-electron chi connectivity index (χ0n) is 27.8. The molecule has 0 atom stereocenters. The molecule has 0 bridgehead atoms. The molecule has 7 rings (SSSR count). The van der Waals surface area contributed by atoms with Gasteiger partial charge in [-0.05, 0) is 122 Å². The molecule has 2 aliphatic heterocycles. The SMILES string of the molecule is CC1(C)N=C(c2cccc(-c3c4ccccc4c(-c4cccc(C5=NC(C)(C)C(C)(C)[N+]5=O)c4)c4ccccc34)c2)N([O-])C1(C)C. The van der Waals surface area contributed by atoms with Crippen LogP contribution in [-0.4, -0.2) is 43.7 Å². The zero-order valence-corrected chi connectivity index (χ0v) is 27.8. The molecule has 0 fully saturated rings. The van der Waals surface area contributed by atoms with Gasteiger partial charge in [-0.25, -0.2) is 0 Å². The minimum Gasteiger partial charge on any atom is -0.757 e. The second-order valence-electron chi connectivity index (χ2n) is 14.7. The van der Waals surface area contributed by atoms with Crippen LogP contribution < -0.4 is 0 Å². The number of nitroso groups, excluding NO2 is 1. The molecule has 5 aromatic carbocycles. The minimum atomic E-state index is -0.660. The highest BCUT2D eigenvalue weighted by atomic mass is 16.5. The average molecular weight is 609 g/mol. The van der Waals surface area contributed by atoms with E-state index in [0.717, 1.165) is 64.7 Å². The Labute approximate surface area is 270 Å². The highest BCUT2D eigenvalue weighted by Crippen LogP contribution is 2.45. The largest absolute Gasteiger partial charge is 0.757 e. The highest BCUT2D eigenvalue weighted by Gasteiger charge is 2.59. The first kappa shape index (κ1) is 30.0. The third kappa shape index (κ3) is 4.19. The molecule has 0 N–H and O–H groups in total. The summed E-state index contributed by atoms with van der Waals surface area (Å²) in [6.07, 6.45) is 0. The van der Waals surface area contributed by atoms with Gasteiger partial charge in [-0.3, -0.25) is 4.99 Å². The number of fused-ring (bicyclic) bond motifs is 2. The molecule has 0 aliphatic carbocycles. The maximum absolute atomic E-state index is 13.5. The van der Waals surface area contributed by atoms with E-state index in [1.54, 1.807) is 0 Å². The van der Waals surface area contributed by atoms with Crippen LogP contribution in [0.5, 0.6) is 0 Å². The smallest absolute Gasteiger partial charge is 0.364 e. The molecule has 0 unspecified atom stereocenters. The first-order valence-corrected chi connectivity index (χ1v) is 16.0. The molecular weight excluding hydrogens is 568 g/mol. The second kappa shape index (κ2) is 9.91. The van der Waals surface area contributed by atoms with Crippen LogP contribution in [0.15, 0.2) is 107 Å². The van der Waals surface area contributed by atoms with E-state index in [4.69, 9.17) is 9.98 Å². The summed E-state index contributed by atoms with van der Waals surface area (Å²) in [7, 11) is 0. The molecule has 232 valence electrons. The fourth-order valence-corrected chi connectivity index (χ4v) is 6.66. The topological polar surface area (TPSA) is 71.1 Å². The number of hydrogen-bond acceptors (Lipinski definition) is 5. The molecule has 6 heteroatoms. The predicted octanol–water partition coefficient (Wildman–Crippen LogP) is 9.54. The Morgan fingerprint density at radius 2 is 1.00 bits per heavy atom. The Morgan fingerprint density at radius 1 is 0.565 bits per heavy atom. The molecular formula is C40H40N4O2. The van der Waals surface area contributed by atoms with E-state index in [-0.39, 0.29) is 0 Å². The molecule has 6 nitrogen and oxygen atoms in total. The monoisotopic (exact) mass is 608 g/mol. The lowest BCUT2D eigenvalue weighted by atomic mass is 9.84. The number of amidine groups is 2. The van der Waals surface area contributed by atoms with Gasteiger partial charge in [0.15, 0.2) is 11.1 Å². The molecule has 2 heterocycles. The third-order valence-corrected chi connectivity index (χ3v) is 10.9. The van der Waals surface area contributed by atoms with Gasteiger partial charge in [0, 0.05) is 11.1 Å². The number of hydrogen-bond donors (Lipinski definition) is 0. The van der Waals surface area contributed by atoms with Crippen molar-refractivity contribution in [2.45, 2.75) is 77.5 Å². The van der Waals surface area contributed by atoms with Crippen molar-refractivity contribution in [1.29, 1.82) is 0 Å². The quantitative estimate of drug-likeness (QED) is 0.151. The summed E-state index contributed by atoms with van der Waals surface area (Å²) in [5.74, 6) is 0.931. The van der Waals surface area contributed by atoms with Crippen molar-refractivity contribution in [2.24, 2.45) is 9.98 Å². The zero-order chi connectivity index (χ0) is 32.8. The van der Waals surface area contributed by atoms with Crippen molar-refractivity contribution in [3.8, 4) is 22.3 Å². The maximum atomic E-state index is 13.5. The highest BCUT2D eigenvalue weighted by molar-refractivity contribution is 6.21. The van der Waals surface area contributed by atoms with E-state index in [1.165, 1.54) is 0 Å². The van der Waals surface area contributed by atoms with Crippen molar-refractivity contribution in [3.05, 3.63) is 118 Å². The fourth-order valence-electron chi connectivity index (χ4n) is 6.66. The van der Waals surface area contributed by atoms with Crippen LogP contribution in [-0.2, 0) is 0 Å². The lowest BCUT2D eigenvalue weighted by molar-refractivity contribution is -0.514. The molecule has 0 saturated heterocycles. The first-order chi connectivity index (χ1) is 21.7. The summed E-state index contributed by atoms with van der Waals surface area (Å²) < 4.78 is 1.07. The lowest BCUT2D eigenvalue weighted by Gasteiger charge is -2.45. The number of aliphatic imine (C=N–C) groups is 2. The van der Waals surface area contributed by atoms with Gasteiger partial charge < -0.3 is 10.3 Å². The maximum Gasteiger partial charge on any atom is 0.364 e. The molecule has 0 radical (unpaired) electrons. The summed E-state index contributed by atoms with van der Waals surface area (Å²) in [6.45, 7) is 15.8. The van der Waals surface area contributed by atoms with Gasteiger partial charge in [-0.15, -0.1) is 0 Å². The van der Waals surface area contributed by atoms with Crippen LogP contribution in [0.3, 0.4) is 0 Å². The van der Waals surface area contributed by atoms with Gasteiger partial charge in [-0.2, -0.15) is 0 Å². The number of hydroxylamine groups is 2. The molecule has 46 heavy (non-hydrogen) atoms. The van der Waals surface area contributed by atoms with Crippen molar-refractivity contribution in [3.63, 3.8) is 0 Å². The molecule has 0 spiro atoms. The van der Waals surface area contributed by atoms with Gasteiger partial charge in [-0.1, -0.05) is 88.8 Å². The molecule has 2 aliphatic rings. The van der Waals surface area contributed by atoms with Gasteiger partial charge >= 0.3 is 5.84 Å². The van der Waals surface area contributed by atoms with E-state index in [0.29, 0.717) is 11.7 Å². The Balaban J connectivity index is 1.44. The van der Waals surface area contributed by atoms with Crippen LogP contribution in [0, 0.1) is 10.1 Å². The third-order valence-electron chi connectivity index (χ3n) is 10.9. The Kier molecular flexibility index (Phi) is 6.46. The van der Waals surface area contributed by atoms with Crippen LogP contribution >= 0.6 is 0 Å². The Bertz CT molecular complexity index is 2100. The Hall–Kier alpha value is -4.68. The molecule has 0 aromatic heterocycles. The molecule has 0 amide bonds. The van der Waals surface area contributed by atoms with Crippen LogP contribution in [0.2, 0.25) is 0 Å². The van der Waals surface area contributed by atoms with Gasteiger partial charge in [0.2, 0.25) is 0 Å². The first-order valence-electron chi connectivity index (χ1n) is 16.0. The van der Waals surface area contributed by atoms with E-state index in [2.05, 4.69) is 72.8 Å². The predicted molar refractivity (Wildman–Crippen MR) is 191 cm³/mol. The summed E-state index contributed by atoms with van der Waals surface area (Å²) >= 11 is 0. The van der Waals surface area contributed by atoms with Crippen LogP contribution in [0.25, 0.3) is 43.8 Å². The van der Waals surface area contributed by atoms with Crippen molar-refractivity contribution < 1.29 is 4.76 Å². The van der Waals surface area contributed by atoms with E-state index >= 15 is 0 Å². The van der Waals surface area contributed by atoms with Crippen LogP contribution in [0.4, 0.5) is 0 Å². The fraction of sp³-hybridized carbons (Fsp3) is 0.300. The second-order valence-corrected chi connectivity index (χ2v) is 14.7. The van der Waals surface area contributed by atoms with Gasteiger partial charge in [0.25, 0.3) is 0 Å². The van der Waals surface area contributed by atoms with Gasteiger partial charge in [0.1, 0.15) is 5.84 Å². The number of rotatable bonds is 4.